The Labute approximate surface area is 119 Å². The number of anilines is 1. The zero-order valence-corrected chi connectivity index (χ0v) is 10.9. The van der Waals surface area contributed by atoms with E-state index < -0.39 is 5.97 Å². The Hall–Kier alpha value is -2.97. The maximum atomic E-state index is 11.6. The lowest BCUT2D eigenvalue weighted by Gasteiger charge is -2.04. The third-order valence-corrected chi connectivity index (χ3v) is 2.48. The van der Waals surface area contributed by atoms with Crippen molar-refractivity contribution in [1.29, 1.82) is 0 Å². The van der Waals surface area contributed by atoms with Crippen molar-refractivity contribution in [3.63, 3.8) is 0 Å². The maximum Gasteiger partial charge on any atom is 0.303 e. The number of hydrogen-bond acceptors (Lipinski definition) is 7. The molecule has 2 aromatic rings. The normalized spacial score (nSPS) is 10.1. The van der Waals surface area contributed by atoms with Gasteiger partial charge in [-0.25, -0.2) is 0 Å². The molecule has 0 saturated heterocycles. The Balaban J connectivity index is 1.91. The van der Waals surface area contributed by atoms with Crippen LogP contribution in [0.4, 0.5) is 5.69 Å². The van der Waals surface area contributed by atoms with E-state index in [4.69, 9.17) is 5.11 Å². The summed E-state index contributed by atoms with van der Waals surface area (Å²) in [6, 6.07) is 3.28. The van der Waals surface area contributed by atoms with Crippen LogP contribution in [-0.4, -0.2) is 42.4 Å². The monoisotopic (exact) mass is 288 g/mol. The van der Waals surface area contributed by atoms with Crippen molar-refractivity contribution in [1.82, 2.24) is 25.4 Å². The summed E-state index contributed by atoms with van der Waals surface area (Å²) in [4.78, 5) is 26.0. The van der Waals surface area contributed by atoms with Gasteiger partial charge in [0.15, 0.2) is 6.33 Å². The fourth-order valence-electron chi connectivity index (χ4n) is 1.53. The van der Waals surface area contributed by atoms with Gasteiger partial charge in [-0.15, -0.1) is 20.4 Å². The number of amides is 1. The molecule has 2 N–H and O–H groups in total. The standard InChI is InChI=1S/C12H12N6O3/c19-10(2-1-3-11(20)21)16-8-4-5-9(13-6-8)12-17-14-7-15-18-12/h4-7H,1-3H2,(H,16,19)(H,20,21). The number of aliphatic carboxylic acids is 1. The number of rotatable bonds is 6. The van der Waals surface area contributed by atoms with Gasteiger partial charge in [0.05, 0.1) is 11.9 Å². The van der Waals surface area contributed by atoms with Gasteiger partial charge in [0.1, 0.15) is 5.69 Å². The zero-order valence-electron chi connectivity index (χ0n) is 10.9. The number of carboxylic acids is 1. The average Bonchev–Trinajstić information content (AvgIpc) is 2.48. The van der Waals surface area contributed by atoms with Crippen molar-refractivity contribution < 1.29 is 14.7 Å². The second-order valence-electron chi connectivity index (χ2n) is 4.10. The number of hydrogen-bond donors (Lipinski definition) is 2. The summed E-state index contributed by atoms with van der Waals surface area (Å²) in [6.45, 7) is 0. The first-order chi connectivity index (χ1) is 10.1. The number of carbonyl (C=O) groups excluding carboxylic acids is 1. The van der Waals surface area contributed by atoms with Crippen LogP contribution in [0.15, 0.2) is 24.7 Å². The Morgan fingerprint density at radius 1 is 1.14 bits per heavy atom. The highest BCUT2D eigenvalue weighted by molar-refractivity contribution is 5.90. The van der Waals surface area contributed by atoms with E-state index in [-0.39, 0.29) is 24.6 Å². The largest absolute Gasteiger partial charge is 0.481 e. The van der Waals surface area contributed by atoms with E-state index >= 15 is 0 Å². The topological polar surface area (TPSA) is 131 Å². The van der Waals surface area contributed by atoms with Crippen LogP contribution < -0.4 is 5.32 Å². The lowest BCUT2D eigenvalue weighted by molar-refractivity contribution is -0.137. The molecule has 108 valence electrons. The predicted molar refractivity (Wildman–Crippen MR) is 71.0 cm³/mol. The fraction of sp³-hybridized carbons (Fsp3) is 0.250. The van der Waals surface area contributed by atoms with E-state index in [2.05, 4.69) is 30.7 Å². The van der Waals surface area contributed by atoms with Crippen LogP contribution in [0.25, 0.3) is 11.5 Å². The third-order valence-electron chi connectivity index (χ3n) is 2.48. The quantitative estimate of drug-likeness (QED) is 0.786. The molecule has 0 atom stereocenters. The number of aromatic nitrogens is 5. The van der Waals surface area contributed by atoms with Crippen LogP contribution in [0.3, 0.4) is 0 Å². The number of carboxylic acid groups (broad SMARTS) is 1. The second kappa shape index (κ2) is 6.98. The van der Waals surface area contributed by atoms with Gasteiger partial charge in [-0.1, -0.05) is 0 Å². The summed E-state index contributed by atoms with van der Waals surface area (Å²) in [5.74, 6) is -0.888. The highest BCUT2D eigenvalue weighted by Crippen LogP contribution is 2.13. The molecule has 0 aliphatic carbocycles. The highest BCUT2D eigenvalue weighted by atomic mass is 16.4. The molecule has 9 nitrogen and oxygen atoms in total. The Bertz CT molecular complexity index is 617. The van der Waals surface area contributed by atoms with Crippen LogP contribution in [0, 0.1) is 0 Å². The van der Waals surface area contributed by atoms with Crippen molar-refractivity contribution in [2.75, 3.05) is 5.32 Å². The molecule has 0 spiro atoms. The summed E-state index contributed by atoms with van der Waals surface area (Å²) >= 11 is 0. The van der Waals surface area contributed by atoms with Crippen LogP contribution in [0.5, 0.6) is 0 Å². The van der Waals surface area contributed by atoms with E-state index in [1.54, 1.807) is 12.1 Å². The van der Waals surface area contributed by atoms with Crippen molar-refractivity contribution in [3.05, 3.63) is 24.7 Å². The molecule has 0 fully saturated rings. The minimum atomic E-state index is -0.918. The zero-order chi connectivity index (χ0) is 15.1. The molecule has 21 heavy (non-hydrogen) atoms. The lowest BCUT2D eigenvalue weighted by atomic mass is 10.2. The third kappa shape index (κ3) is 4.56. The SMILES string of the molecule is O=C(O)CCCC(=O)Nc1ccc(-c2nncnn2)nc1. The first kappa shape index (κ1) is 14.4. The minimum absolute atomic E-state index is 0.0318. The molecule has 0 aromatic carbocycles. The molecular weight excluding hydrogens is 276 g/mol. The molecule has 0 unspecified atom stereocenters. The van der Waals surface area contributed by atoms with E-state index in [0.717, 1.165) is 0 Å². The number of pyridine rings is 1. The summed E-state index contributed by atoms with van der Waals surface area (Å²) < 4.78 is 0. The number of carbonyl (C=O) groups is 2. The highest BCUT2D eigenvalue weighted by Gasteiger charge is 2.07. The van der Waals surface area contributed by atoms with Crippen molar-refractivity contribution in [3.8, 4) is 11.5 Å². The van der Waals surface area contributed by atoms with Gasteiger partial charge in [0.2, 0.25) is 11.7 Å². The van der Waals surface area contributed by atoms with Gasteiger partial charge in [-0.2, -0.15) is 0 Å². The van der Waals surface area contributed by atoms with Crippen molar-refractivity contribution in [2.45, 2.75) is 19.3 Å². The van der Waals surface area contributed by atoms with Crippen LogP contribution in [-0.2, 0) is 9.59 Å². The smallest absolute Gasteiger partial charge is 0.303 e. The van der Waals surface area contributed by atoms with Gasteiger partial charge in [-0.05, 0) is 18.6 Å². The Kier molecular flexibility index (Phi) is 4.80. The molecule has 0 aliphatic heterocycles. The van der Waals surface area contributed by atoms with E-state index in [1.807, 2.05) is 0 Å². The van der Waals surface area contributed by atoms with Gasteiger partial charge in [0, 0.05) is 12.8 Å². The molecule has 9 heteroatoms. The van der Waals surface area contributed by atoms with Crippen LogP contribution >= 0.6 is 0 Å². The molecule has 0 saturated carbocycles. The second-order valence-corrected chi connectivity index (χ2v) is 4.10. The first-order valence-corrected chi connectivity index (χ1v) is 6.13. The van der Waals surface area contributed by atoms with Gasteiger partial charge < -0.3 is 10.4 Å². The molecular formula is C12H12N6O3. The summed E-state index contributed by atoms with van der Waals surface area (Å²) in [5, 5.41) is 25.9. The molecule has 1 amide bonds. The fourth-order valence-corrected chi connectivity index (χ4v) is 1.53. The first-order valence-electron chi connectivity index (χ1n) is 6.13. The maximum absolute atomic E-state index is 11.6. The summed E-state index contributed by atoms with van der Waals surface area (Å²) in [7, 11) is 0. The van der Waals surface area contributed by atoms with E-state index in [0.29, 0.717) is 17.8 Å². The molecule has 2 rings (SSSR count). The Morgan fingerprint density at radius 3 is 2.52 bits per heavy atom. The lowest BCUT2D eigenvalue weighted by Crippen LogP contribution is -2.12. The van der Waals surface area contributed by atoms with Gasteiger partial charge >= 0.3 is 5.97 Å². The van der Waals surface area contributed by atoms with E-state index in [9.17, 15) is 9.59 Å². The molecule has 2 aromatic heterocycles. The van der Waals surface area contributed by atoms with Gasteiger partial charge in [-0.3, -0.25) is 14.6 Å². The number of nitrogens with zero attached hydrogens (tertiary/aromatic N) is 5. The molecule has 2 heterocycles. The van der Waals surface area contributed by atoms with Crippen molar-refractivity contribution in [2.24, 2.45) is 0 Å². The Morgan fingerprint density at radius 2 is 1.90 bits per heavy atom. The predicted octanol–water partition coefficient (Wildman–Crippen LogP) is 0.522. The summed E-state index contributed by atoms with van der Waals surface area (Å²) in [5.41, 5.74) is 0.996. The van der Waals surface area contributed by atoms with Gasteiger partial charge in [0.25, 0.3) is 0 Å². The summed E-state index contributed by atoms with van der Waals surface area (Å²) in [6.07, 6.45) is 3.08. The molecule has 0 radical (unpaired) electrons. The molecule has 0 bridgehead atoms. The average molecular weight is 288 g/mol. The van der Waals surface area contributed by atoms with Crippen LogP contribution in [0.1, 0.15) is 19.3 Å². The van der Waals surface area contributed by atoms with E-state index in [1.165, 1.54) is 12.5 Å². The van der Waals surface area contributed by atoms with Crippen LogP contribution in [0.2, 0.25) is 0 Å². The van der Waals surface area contributed by atoms with Crippen molar-refractivity contribution >= 4 is 17.6 Å². The number of nitrogens with one attached hydrogen (secondary N) is 1. The molecule has 0 aliphatic rings. The minimum Gasteiger partial charge on any atom is -0.481 e.